The van der Waals surface area contributed by atoms with Crippen molar-refractivity contribution in [2.75, 3.05) is 0 Å². The van der Waals surface area contributed by atoms with Gasteiger partial charge in [0.25, 0.3) is 5.06 Å². The highest BCUT2D eigenvalue weighted by Crippen LogP contribution is 2.40. The molecule has 5 nitrogen and oxygen atoms in total. The van der Waals surface area contributed by atoms with Crippen molar-refractivity contribution in [1.29, 1.82) is 0 Å². The molecule has 6 heteroatoms. The van der Waals surface area contributed by atoms with Crippen molar-refractivity contribution in [3.63, 3.8) is 0 Å². The highest BCUT2D eigenvalue weighted by molar-refractivity contribution is 7.16. The van der Waals surface area contributed by atoms with Crippen LogP contribution in [0, 0.1) is 10.1 Å². The van der Waals surface area contributed by atoms with Crippen molar-refractivity contribution in [3.8, 4) is 10.8 Å². The first kappa shape index (κ1) is 13.8. The maximum atomic E-state index is 11.4. The Kier molecular flexibility index (Phi) is 3.47. The molecule has 0 bridgehead atoms. The van der Waals surface area contributed by atoms with E-state index in [2.05, 4.69) is 0 Å². The number of fused-ring (bicyclic) bond motifs is 1. The van der Waals surface area contributed by atoms with E-state index in [1.54, 1.807) is 0 Å². The summed E-state index contributed by atoms with van der Waals surface area (Å²) in [5.41, 5.74) is 2.39. The van der Waals surface area contributed by atoms with Crippen LogP contribution in [0.25, 0.3) is 0 Å². The minimum Gasteiger partial charge on any atom is -0.440 e. The lowest BCUT2D eigenvalue weighted by Crippen LogP contribution is -1.90. The predicted octanol–water partition coefficient (Wildman–Crippen LogP) is 4.14. The number of ether oxygens (including phenoxy) is 1. The van der Waals surface area contributed by atoms with E-state index in [1.165, 1.54) is 24.1 Å². The number of rotatable bonds is 4. The van der Waals surface area contributed by atoms with Crippen molar-refractivity contribution < 1.29 is 14.5 Å². The van der Waals surface area contributed by atoms with Gasteiger partial charge < -0.3 is 4.74 Å². The molecule has 0 radical (unpaired) electrons. The molecule has 1 aliphatic rings. The zero-order valence-electron chi connectivity index (χ0n) is 11.4. The zero-order chi connectivity index (χ0) is 15.0. The molecule has 2 aromatic rings. The molecule has 0 saturated carbocycles. The molecule has 1 aromatic carbocycles. The molecule has 0 N–H and O–H groups in total. The summed E-state index contributed by atoms with van der Waals surface area (Å²) in [6.45, 7) is 1.38. The normalized spacial score (nSPS) is 13.0. The van der Waals surface area contributed by atoms with Crippen LogP contribution in [-0.4, -0.2) is 10.7 Å². The maximum Gasteiger partial charge on any atom is 0.323 e. The van der Waals surface area contributed by atoms with Crippen LogP contribution in [0.5, 0.6) is 10.8 Å². The summed E-state index contributed by atoms with van der Waals surface area (Å²) in [7, 11) is 0. The van der Waals surface area contributed by atoms with Gasteiger partial charge in [-0.2, -0.15) is 0 Å². The number of benzene rings is 1. The molecule has 21 heavy (non-hydrogen) atoms. The first-order valence-electron chi connectivity index (χ1n) is 6.63. The average Bonchev–Trinajstić information content (AvgIpc) is 3.04. The summed E-state index contributed by atoms with van der Waals surface area (Å²) in [6, 6.07) is 7.03. The third-order valence-electron chi connectivity index (χ3n) is 3.50. The van der Waals surface area contributed by atoms with Gasteiger partial charge in [-0.05, 0) is 49.4 Å². The third kappa shape index (κ3) is 2.67. The highest BCUT2D eigenvalue weighted by atomic mass is 32.1. The molecule has 0 saturated heterocycles. The Balaban J connectivity index is 1.93. The van der Waals surface area contributed by atoms with Gasteiger partial charge in [-0.3, -0.25) is 14.9 Å². The van der Waals surface area contributed by atoms with Gasteiger partial charge in [-0.25, -0.2) is 0 Å². The van der Waals surface area contributed by atoms with Crippen molar-refractivity contribution in [1.82, 2.24) is 0 Å². The Morgan fingerprint density at radius 1 is 1.29 bits per heavy atom. The number of carbonyl (C=O) groups excluding carboxylic acids is 1. The number of thiophene rings is 1. The standard InChI is InChI=1S/C15H13NO4S/c1-9(17)14-8-13(16(18)19)15(21-14)20-12-6-5-10-3-2-4-11(10)7-12/h5-8H,2-4H2,1H3. The van der Waals surface area contributed by atoms with Gasteiger partial charge in [0.1, 0.15) is 5.75 Å². The Morgan fingerprint density at radius 2 is 2.05 bits per heavy atom. The molecule has 108 valence electrons. The van der Waals surface area contributed by atoms with E-state index in [9.17, 15) is 14.9 Å². The Bertz CT molecular complexity index is 735. The number of aryl methyl sites for hydroxylation is 2. The van der Waals surface area contributed by atoms with E-state index >= 15 is 0 Å². The summed E-state index contributed by atoms with van der Waals surface area (Å²) >= 11 is 1.01. The Hall–Kier alpha value is -2.21. The van der Waals surface area contributed by atoms with Gasteiger partial charge in [0.15, 0.2) is 5.78 Å². The van der Waals surface area contributed by atoms with Gasteiger partial charge >= 0.3 is 5.69 Å². The topological polar surface area (TPSA) is 69.4 Å². The molecule has 1 aromatic heterocycles. The fraction of sp³-hybridized carbons (Fsp3) is 0.267. The molecule has 0 fully saturated rings. The molecule has 3 rings (SSSR count). The highest BCUT2D eigenvalue weighted by Gasteiger charge is 2.23. The molecular weight excluding hydrogens is 290 g/mol. The Labute approximate surface area is 125 Å². The number of carbonyl (C=O) groups is 1. The van der Waals surface area contributed by atoms with Crippen molar-refractivity contribution in [2.45, 2.75) is 26.2 Å². The van der Waals surface area contributed by atoms with Gasteiger partial charge in [0.05, 0.1) is 9.80 Å². The average molecular weight is 303 g/mol. The van der Waals surface area contributed by atoms with Gasteiger partial charge in [0.2, 0.25) is 0 Å². The van der Waals surface area contributed by atoms with Crippen LogP contribution >= 0.6 is 11.3 Å². The van der Waals surface area contributed by atoms with Crippen molar-refractivity contribution >= 4 is 22.8 Å². The molecule has 1 aliphatic carbocycles. The lowest BCUT2D eigenvalue weighted by atomic mass is 10.1. The van der Waals surface area contributed by atoms with Gasteiger partial charge in [0, 0.05) is 6.07 Å². The van der Waals surface area contributed by atoms with E-state index in [0.717, 1.165) is 30.6 Å². The zero-order valence-corrected chi connectivity index (χ0v) is 12.2. The number of Topliss-reactive ketones (excluding diaryl/α,β-unsaturated/α-hetero) is 1. The second kappa shape index (κ2) is 5.29. The second-order valence-corrected chi connectivity index (χ2v) is 6.00. The smallest absolute Gasteiger partial charge is 0.323 e. The molecular formula is C15H13NO4S. The molecule has 0 spiro atoms. The first-order chi connectivity index (χ1) is 10.0. The number of nitrogens with zero attached hydrogens (tertiary/aromatic N) is 1. The summed E-state index contributed by atoms with van der Waals surface area (Å²) in [4.78, 5) is 22.2. The SMILES string of the molecule is CC(=O)c1cc([N+](=O)[O-])c(Oc2ccc3c(c2)CCC3)s1. The van der Waals surface area contributed by atoms with Crippen LogP contribution < -0.4 is 4.74 Å². The summed E-state index contributed by atoms with van der Waals surface area (Å²) in [6.07, 6.45) is 3.22. The van der Waals surface area contributed by atoms with Gasteiger partial charge in [-0.15, -0.1) is 0 Å². The fourth-order valence-electron chi connectivity index (χ4n) is 2.46. The van der Waals surface area contributed by atoms with Crippen molar-refractivity contribution in [2.24, 2.45) is 0 Å². The number of hydrogen-bond acceptors (Lipinski definition) is 5. The van der Waals surface area contributed by atoms with Gasteiger partial charge in [-0.1, -0.05) is 17.4 Å². The molecule has 0 unspecified atom stereocenters. The number of nitro groups is 1. The van der Waals surface area contributed by atoms with E-state index in [4.69, 9.17) is 4.74 Å². The summed E-state index contributed by atoms with van der Waals surface area (Å²) in [5, 5.41) is 11.2. The number of ketones is 1. The van der Waals surface area contributed by atoms with Crippen molar-refractivity contribution in [3.05, 3.63) is 50.4 Å². The largest absolute Gasteiger partial charge is 0.440 e. The summed E-state index contributed by atoms with van der Waals surface area (Å²) in [5.74, 6) is 0.377. The maximum absolute atomic E-state index is 11.4. The van der Waals surface area contributed by atoms with E-state index in [1.807, 2.05) is 18.2 Å². The Morgan fingerprint density at radius 3 is 2.76 bits per heavy atom. The molecule has 0 aliphatic heterocycles. The minimum absolute atomic E-state index is 0.156. The minimum atomic E-state index is -0.522. The second-order valence-electron chi connectivity index (χ2n) is 4.98. The van der Waals surface area contributed by atoms with Crippen LogP contribution in [0.1, 0.15) is 34.1 Å². The van der Waals surface area contributed by atoms with Crippen LogP contribution in [0.15, 0.2) is 24.3 Å². The van der Waals surface area contributed by atoms with E-state index in [0.29, 0.717) is 10.6 Å². The molecule has 1 heterocycles. The van der Waals surface area contributed by atoms with Crippen LogP contribution in [-0.2, 0) is 12.8 Å². The van der Waals surface area contributed by atoms with Crippen LogP contribution in [0.3, 0.4) is 0 Å². The summed E-state index contributed by atoms with van der Waals surface area (Å²) < 4.78 is 5.65. The van der Waals surface area contributed by atoms with E-state index < -0.39 is 4.92 Å². The molecule has 0 amide bonds. The quantitative estimate of drug-likeness (QED) is 0.483. The monoisotopic (exact) mass is 303 g/mol. The third-order valence-corrected chi connectivity index (χ3v) is 4.61. The fourth-order valence-corrected chi connectivity index (χ4v) is 3.35. The lowest BCUT2D eigenvalue weighted by molar-refractivity contribution is -0.385. The lowest BCUT2D eigenvalue weighted by Gasteiger charge is -2.05. The number of hydrogen-bond donors (Lipinski definition) is 0. The van der Waals surface area contributed by atoms with E-state index in [-0.39, 0.29) is 16.5 Å². The van der Waals surface area contributed by atoms with Crippen LogP contribution in [0.2, 0.25) is 0 Å². The predicted molar refractivity (Wildman–Crippen MR) is 79.5 cm³/mol. The first-order valence-corrected chi connectivity index (χ1v) is 7.45. The molecule has 0 atom stereocenters. The van der Waals surface area contributed by atoms with Crippen LogP contribution in [0.4, 0.5) is 5.69 Å².